The minimum atomic E-state index is -0.928. The summed E-state index contributed by atoms with van der Waals surface area (Å²) in [6, 6.07) is 22.7. The van der Waals surface area contributed by atoms with Crippen LogP contribution < -0.4 is 15.0 Å². The SMILES string of the molecule is COCCNC(=O)[C@@H](c1ccc(OC)cc1)N(C(=O)Cn1nnc2ccccc21)c1ccccc1. The zero-order valence-corrected chi connectivity index (χ0v) is 19.6. The molecule has 0 saturated carbocycles. The van der Waals surface area contributed by atoms with Gasteiger partial charge in [-0.2, -0.15) is 0 Å². The summed E-state index contributed by atoms with van der Waals surface area (Å²) >= 11 is 0. The van der Waals surface area contributed by atoms with Gasteiger partial charge in [0.05, 0.1) is 19.2 Å². The van der Waals surface area contributed by atoms with E-state index < -0.39 is 6.04 Å². The fourth-order valence-electron chi connectivity index (χ4n) is 3.84. The van der Waals surface area contributed by atoms with Gasteiger partial charge in [0.15, 0.2) is 0 Å². The number of benzene rings is 3. The van der Waals surface area contributed by atoms with E-state index in [1.54, 1.807) is 55.3 Å². The minimum absolute atomic E-state index is 0.0899. The molecule has 3 aromatic carbocycles. The average molecular weight is 474 g/mol. The van der Waals surface area contributed by atoms with Crippen LogP contribution in [0.4, 0.5) is 5.69 Å². The Kier molecular flexibility index (Phi) is 7.69. The van der Waals surface area contributed by atoms with Gasteiger partial charge in [0, 0.05) is 19.3 Å². The van der Waals surface area contributed by atoms with Gasteiger partial charge in [0.25, 0.3) is 0 Å². The van der Waals surface area contributed by atoms with Gasteiger partial charge in [-0.05, 0) is 42.0 Å². The lowest BCUT2D eigenvalue weighted by atomic mass is 10.0. The number of hydrogen-bond donors (Lipinski definition) is 1. The predicted molar refractivity (Wildman–Crippen MR) is 132 cm³/mol. The van der Waals surface area contributed by atoms with Gasteiger partial charge < -0.3 is 14.8 Å². The van der Waals surface area contributed by atoms with Crippen molar-refractivity contribution in [3.8, 4) is 5.75 Å². The summed E-state index contributed by atoms with van der Waals surface area (Å²) in [5, 5.41) is 11.2. The van der Waals surface area contributed by atoms with E-state index in [9.17, 15) is 9.59 Å². The standard InChI is InChI=1S/C26H27N5O4/c1-34-17-16-27-26(33)25(19-12-14-21(35-2)15-13-19)31(20-8-4-3-5-9-20)24(32)18-30-23-11-7-6-10-22(23)28-29-30/h3-15,25H,16-18H2,1-2H3,(H,27,33)/t25-/m1/s1. The predicted octanol–water partition coefficient (Wildman–Crippen LogP) is 2.98. The quantitative estimate of drug-likeness (QED) is 0.356. The Labute approximate surface area is 203 Å². The van der Waals surface area contributed by atoms with Crippen molar-refractivity contribution in [3.05, 3.63) is 84.4 Å². The Hall–Kier alpha value is -4.24. The number of aromatic nitrogens is 3. The fraction of sp³-hybridized carbons (Fsp3) is 0.231. The van der Waals surface area contributed by atoms with Gasteiger partial charge in [-0.15, -0.1) is 5.10 Å². The van der Waals surface area contributed by atoms with Crippen molar-refractivity contribution in [2.45, 2.75) is 12.6 Å². The summed E-state index contributed by atoms with van der Waals surface area (Å²) in [7, 11) is 3.14. The molecule has 1 aromatic heterocycles. The molecule has 2 amide bonds. The van der Waals surface area contributed by atoms with Crippen LogP contribution in [0.1, 0.15) is 11.6 Å². The van der Waals surface area contributed by atoms with Gasteiger partial charge in [-0.25, -0.2) is 4.68 Å². The van der Waals surface area contributed by atoms with Crippen LogP contribution in [0.2, 0.25) is 0 Å². The second-order valence-electron chi connectivity index (χ2n) is 7.79. The monoisotopic (exact) mass is 473 g/mol. The number of carbonyl (C=O) groups excluding carboxylic acids is 2. The molecular weight excluding hydrogens is 446 g/mol. The number of nitrogens with zero attached hydrogens (tertiary/aromatic N) is 4. The van der Waals surface area contributed by atoms with E-state index in [2.05, 4.69) is 15.6 Å². The third kappa shape index (κ3) is 5.47. The first kappa shape index (κ1) is 23.9. The summed E-state index contributed by atoms with van der Waals surface area (Å²) < 4.78 is 11.9. The maximum atomic E-state index is 13.8. The normalized spacial score (nSPS) is 11.7. The molecule has 180 valence electrons. The van der Waals surface area contributed by atoms with Crippen LogP contribution >= 0.6 is 0 Å². The number of anilines is 1. The smallest absolute Gasteiger partial charge is 0.249 e. The largest absolute Gasteiger partial charge is 0.497 e. The highest BCUT2D eigenvalue weighted by molar-refractivity contribution is 6.01. The Morgan fingerprint density at radius 2 is 1.69 bits per heavy atom. The average Bonchev–Trinajstić information content (AvgIpc) is 3.30. The van der Waals surface area contributed by atoms with E-state index in [-0.39, 0.29) is 18.4 Å². The van der Waals surface area contributed by atoms with E-state index in [1.165, 1.54) is 4.90 Å². The third-order valence-electron chi connectivity index (χ3n) is 5.55. The van der Waals surface area contributed by atoms with Crippen LogP contribution in [0.25, 0.3) is 11.0 Å². The summed E-state index contributed by atoms with van der Waals surface area (Å²) in [5.74, 6) is 0.0152. The number of nitrogens with one attached hydrogen (secondary N) is 1. The second kappa shape index (κ2) is 11.3. The highest BCUT2D eigenvalue weighted by atomic mass is 16.5. The van der Waals surface area contributed by atoms with Gasteiger partial charge in [0.2, 0.25) is 11.8 Å². The maximum Gasteiger partial charge on any atom is 0.249 e. The molecule has 0 unspecified atom stereocenters. The van der Waals surface area contributed by atoms with Crippen LogP contribution in [0.15, 0.2) is 78.9 Å². The van der Waals surface area contributed by atoms with E-state index in [4.69, 9.17) is 9.47 Å². The molecule has 35 heavy (non-hydrogen) atoms. The molecule has 0 fully saturated rings. The lowest BCUT2D eigenvalue weighted by Crippen LogP contribution is -2.46. The number of para-hydroxylation sites is 2. The van der Waals surface area contributed by atoms with Crippen LogP contribution in [-0.4, -0.2) is 54.2 Å². The fourth-order valence-corrected chi connectivity index (χ4v) is 3.84. The van der Waals surface area contributed by atoms with Crippen LogP contribution in [0, 0.1) is 0 Å². The van der Waals surface area contributed by atoms with Gasteiger partial charge in [-0.3, -0.25) is 14.5 Å². The summed E-state index contributed by atoms with van der Waals surface area (Å²) in [6.45, 7) is 0.575. The zero-order valence-electron chi connectivity index (χ0n) is 19.6. The number of rotatable bonds is 10. The number of amides is 2. The van der Waals surface area contributed by atoms with Gasteiger partial charge in [-0.1, -0.05) is 47.7 Å². The number of methoxy groups -OCH3 is 2. The highest BCUT2D eigenvalue weighted by Crippen LogP contribution is 2.29. The van der Waals surface area contributed by atoms with E-state index in [0.717, 1.165) is 5.52 Å². The number of fused-ring (bicyclic) bond motifs is 1. The zero-order chi connectivity index (χ0) is 24.6. The third-order valence-corrected chi connectivity index (χ3v) is 5.55. The minimum Gasteiger partial charge on any atom is -0.497 e. The Balaban J connectivity index is 1.75. The topological polar surface area (TPSA) is 98.6 Å². The molecule has 4 aromatic rings. The van der Waals surface area contributed by atoms with Crippen LogP contribution in [0.5, 0.6) is 5.75 Å². The molecule has 0 spiro atoms. The molecule has 0 aliphatic carbocycles. The summed E-state index contributed by atoms with van der Waals surface area (Å²) in [4.78, 5) is 28.8. The summed E-state index contributed by atoms with van der Waals surface area (Å²) in [5.41, 5.74) is 2.65. The molecule has 9 nitrogen and oxygen atoms in total. The second-order valence-corrected chi connectivity index (χ2v) is 7.79. The molecule has 1 heterocycles. The molecule has 0 saturated heterocycles. The molecule has 1 atom stereocenters. The van der Waals surface area contributed by atoms with E-state index >= 15 is 0 Å². The summed E-state index contributed by atoms with van der Waals surface area (Å²) in [6.07, 6.45) is 0. The molecule has 1 N–H and O–H groups in total. The van der Waals surface area contributed by atoms with E-state index in [1.807, 2.05) is 42.5 Å². The van der Waals surface area contributed by atoms with Crippen molar-refractivity contribution < 1.29 is 19.1 Å². The Bertz CT molecular complexity index is 1270. The molecule has 0 radical (unpaired) electrons. The van der Waals surface area contributed by atoms with Crippen molar-refractivity contribution in [1.29, 1.82) is 0 Å². The Morgan fingerprint density at radius 3 is 2.40 bits per heavy atom. The van der Waals surface area contributed by atoms with Crippen LogP contribution in [-0.2, 0) is 20.9 Å². The number of hydrogen-bond acceptors (Lipinski definition) is 6. The highest BCUT2D eigenvalue weighted by Gasteiger charge is 2.33. The van der Waals surface area contributed by atoms with Crippen molar-refractivity contribution >= 4 is 28.5 Å². The number of carbonyl (C=O) groups is 2. The number of ether oxygens (including phenoxy) is 2. The van der Waals surface area contributed by atoms with Gasteiger partial charge in [0.1, 0.15) is 23.9 Å². The van der Waals surface area contributed by atoms with Gasteiger partial charge >= 0.3 is 0 Å². The first-order valence-corrected chi connectivity index (χ1v) is 11.2. The molecule has 9 heteroatoms. The molecule has 0 aliphatic rings. The molecular formula is C26H27N5O4. The van der Waals surface area contributed by atoms with Crippen molar-refractivity contribution in [3.63, 3.8) is 0 Å². The molecule has 4 rings (SSSR count). The van der Waals surface area contributed by atoms with Crippen LogP contribution in [0.3, 0.4) is 0 Å². The lowest BCUT2D eigenvalue weighted by molar-refractivity contribution is -0.127. The van der Waals surface area contributed by atoms with E-state index in [0.29, 0.717) is 35.7 Å². The maximum absolute atomic E-state index is 13.8. The first-order valence-electron chi connectivity index (χ1n) is 11.2. The molecule has 0 bridgehead atoms. The van der Waals surface area contributed by atoms with Crippen molar-refractivity contribution in [2.24, 2.45) is 0 Å². The molecule has 0 aliphatic heterocycles. The van der Waals surface area contributed by atoms with Crippen molar-refractivity contribution in [1.82, 2.24) is 20.3 Å². The first-order chi connectivity index (χ1) is 17.1. The Morgan fingerprint density at radius 1 is 0.971 bits per heavy atom. The van der Waals surface area contributed by atoms with Crippen molar-refractivity contribution in [2.75, 3.05) is 32.3 Å². The lowest BCUT2D eigenvalue weighted by Gasteiger charge is -2.31.